The molecule has 150 valence electrons. The minimum Gasteiger partial charge on any atom is -0.354 e. The molecule has 1 saturated heterocycles. The SMILES string of the molecule is CN(CC1CC=CCC1)C(=NCC1CCS(=O)(=O)C1)NC1CCCC1.I. The molecule has 1 saturated carbocycles. The van der Waals surface area contributed by atoms with Crippen molar-refractivity contribution in [2.75, 3.05) is 31.6 Å². The highest BCUT2D eigenvalue weighted by Crippen LogP contribution is 2.22. The van der Waals surface area contributed by atoms with Gasteiger partial charge in [0.1, 0.15) is 0 Å². The van der Waals surface area contributed by atoms with E-state index >= 15 is 0 Å². The third-order valence-corrected chi connectivity index (χ3v) is 7.62. The number of nitrogens with zero attached hydrogens (tertiary/aromatic N) is 2. The molecule has 1 aliphatic heterocycles. The van der Waals surface area contributed by atoms with Crippen molar-refractivity contribution in [3.05, 3.63) is 12.2 Å². The molecule has 3 rings (SSSR count). The largest absolute Gasteiger partial charge is 0.354 e. The van der Waals surface area contributed by atoms with E-state index in [2.05, 4.69) is 29.4 Å². The number of sulfone groups is 1. The minimum absolute atomic E-state index is 0. The van der Waals surface area contributed by atoms with Gasteiger partial charge in [0.05, 0.1) is 11.5 Å². The average molecular weight is 495 g/mol. The van der Waals surface area contributed by atoms with E-state index < -0.39 is 9.84 Å². The van der Waals surface area contributed by atoms with Crippen LogP contribution in [0.2, 0.25) is 0 Å². The molecule has 26 heavy (non-hydrogen) atoms. The molecule has 3 aliphatic rings. The first-order chi connectivity index (χ1) is 12.0. The summed E-state index contributed by atoms with van der Waals surface area (Å²) in [5, 5.41) is 3.66. The van der Waals surface area contributed by atoms with Gasteiger partial charge in [-0.1, -0.05) is 25.0 Å². The van der Waals surface area contributed by atoms with Gasteiger partial charge >= 0.3 is 0 Å². The quantitative estimate of drug-likeness (QED) is 0.276. The second-order valence-electron chi connectivity index (χ2n) is 8.09. The molecule has 2 unspecified atom stereocenters. The summed E-state index contributed by atoms with van der Waals surface area (Å²) in [6.07, 6.45) is 14.0. The Bertz CT molecular complexity index is 600. The predicted octanol–water partition coefficient (Wildman–Crippen LogP) is 3.22. The van der Waals surface area contributed by atoms with Crippen molar-refractivity contribution in [1.29, 1.82) is 0 Å². The fraction of sp³-hybridized carbons (Fsp3) is 0.842. The molecule has 2 aliphatic carbocycles. The standard InChI is InChI=1S/C19H33N3O2S.HI/c1-22(14-16-7-3-2-4-8-16)19(21-18-9-5-6-10-18)20-13-17-11-12-25(23,24)15-17;/h2-3,16-18H,4-15H2,1H3,(H,20,21);1H. The van der Waals surface area contributed by atoms with Crippen molar-refractivity contribution in [3.63, 3.8) is 0 Å². The number of rotatable bonds is 5. The van der Waals surface area contributed by atoms with Gasteiger partial charge in [-0.3, -0.25) is 4.99 Å². The van der Waals surface area contributed by atoms with Crippen LogP contribution in [-0.2, 0) is 9.84 Å². The third kappa shape index (κ3) is 6.69. The Morgan fingerprint density at radius 1 is 1.15 bits per heavy atom. The summed E-state index contributed by atoms with van der Waals surface area (Å²) in [6.45, 7) is 1.65. The van der Waals surface area contributed by atoms with E-state index in [1.54, 1.807) is 0 Å². The van der Waals surface area contributed by atoms with Gasteiger partial charge in [-0.15, -0.1) is 24.0 Å². The lowest BCUT2D eigenvalue weighted by atomic mass is 9.94. The highest BCUT2D eigenvalue weighted by atomic mass is 127. The van der Waals surface area contributed by atoms with E-state index in [1.165, 1.54) is 38.5 Å². The summed E-state index contributed by atoms with van der Waals surface area (Å²) in [5.74, 6) is 2.51. The minimum atomic E-state index is -2.82. The normalized spacial score (nSPS) is 28.7. The lowest BCUT2D eigenvalue weighted by Gasteiger charge is -2.29. The first-order valence-electron chi connectivity index (χ1n) is 9.89. The lowest BCUT2D eigenvalue weighted by molar-refractivity contribution is 0.347. The number of hydrogen-bond acceptors (Lipinski definition) is 3. The number of nitrogens with one attached hydrogen (secondary N) is 1. The summed E-state index contributed by atoms with van der Waals surface area (Å²) in [5.41, 5.74) is 0. The molecule has 0 aromatic rings. The lowest BCUT2D eigenvalue weighted by Crippen LogP contribution is -2.45. The zero-order chi connectivity index (χ0) is 17.7. The zero-order valence-corrected chi connectivity index (χ0v) is 19.0. The average Bonchev–Trinajstić information content (AvgIpc) is 3.21. The van der Waals surface area contributed by atoms with E-state index in [0.29, 0.717) is 30.0 Å². The van der Waals surface area contributed by atoms with Gasteiger partial charge in [0.15, 0.2) is 15.8 Å². The maximum Gasteiger partial charge on any atom is 0.193 e. The van der Waals surface area contributed by atoms with E-state index in [0.717, 1.165) is 25.3 Å². The molecular weight excluding hydrogens is 461 g/mol. The molecule has 1 heterocycles. The molecule has 5 nitrogen and oxygen atoms in total. The smallest absolute Gasteiger partial charge is 0.193 e. The maximum absolute atomic E-state index is 11.7. The number of halogens is 1. The van der Waals surface area contributed by atoms with Gasteiger partial charge in [0.25, 0.3) is 0 Å². The van der Waals surface area contributed by atoms with Crippen molar-refractivity contribution in [1.82, 2.24) is 10.2 Å². The molecule has 0 amide bonds. The first-order valence-corrected chi connectivity index (χ1v) is 11.7. The number of hydrogen-bond donors (Lipinski definition) is 1. The van der Waals surface area contributed by atoms with Crippen LogP contribution in [0.1, 0.15) is 51.4 Å². The van der Waals surface area contributed by atoms with Crippen LogP contribution in [0.3, 0.4) is 0 Å². The van der Waals surface area contributed by atoms with Crippen LogP contribution in [0.5, 0.6) is 0 Å². The van der Waals surface area contributed by atoms with Crippen LogP contribution in [0.15, 0.2) is 17.1 Å². The zero-order valence-electron chi connectivity index (χ0n) is 15.9. The molecular formula is C19H34IN3O2S. The van der Waals surface area contributed by atoms with E-state index in [4.69, 9.17) is 4.99 Å². The Morgan fingerprint density at radius 2 is 1.92 bits per heavy atom. The fourth-order valence-corrected chi connectivity index (χ4v) is 6.11. The maximum atomic E-state index is 11.7. The van der Waals surface area contributed by atoms with Crippen LogP contribution in [0.4, 0.5) is 0 Å². The monoisotopic (exact) mass is 495 g/mol. The van der Waals surface area contributed by atoms with Crippen LogP contribution in [-0.4, -0.2) is 57.0 Å². The molecule has 0 spiro atoms. The highest BCUT2D eigenvalue weighted by molar-refractivity contribution is 14.0. The van der Waals surface area contributed by atoms with E-state index in [-0.39, 0.29) is 29.9 Å². The molecule has 0 bridgehead atoms. The second-order valence-corrected chi connectivity index (χ2v) is 10.3. The molecule has 0 aromatic carbocycles. The van der Waals surface area contributed by atoms with Crippen molar-refractivity contribution >= 4 is 39.8 Å². The van der Waals surface area contributed by atoms with Gasteiger partial charge < -0.3 is 10.2 Å². The third-order valence-electron chi connectivity index (χ3n) is 5.79. The van der Waals surface area contributed by atoms with Crippen LogP contribution < -0.4 is 5.32 Å². The van der Waals surface area contributed by atoms with Gasteiger partial charge in [-0.05, 0) is 50.4 Å². The summed E-state index contributed by atoms with van der Waals surface area (Å²) < 4.78 is 23.4. The number of aliphatic imine (C=N–C) groups is 1. The Hall–Kier alpha value is -0.310. The Balaban J connectivity index is 0.00000243. The first kappa shape index (κ1) is 22.0. The molecule has 1 N–H and O–H groups in total. The van der Waals surface area contributed by atoms with Gasteiger partial charge in [-0.25, -0.2) is 8.42 Å². The topological polar surface area (TPSA) is 61.8 Å². The molecule has 2 atom stereocenters. The van der Waals surface area contributed by atoms with Crippen LogP contribution in [0, 0.1) is 11.8 Å². The van der Waals surface area contributed by atoms with Crippen LogP contribution in [0.25, 0.3) is 0 Å². The van der Waals surface area contributed by atoms with Crippen molar-refractivity contribution in [3.8, 4) is 0 Å². The second kappa shape index (κ2) is 10.3. The molecule has 0 radical (unpaired) electrons. The summed E-state index contributed by atoms with van der Waals surface area (Å²) in [7, 11) is -0.690. The molecule has 2 fully saturated rings. The van der Waals surface area contributed by atoms with Crippen molar-refractivity contribution < 1.29 is 8.42 Å². The molecule has 7 heteroatoms. The Labute approximate surface area is 176 Å². The Kier molecular flexibility index (Phi) is 8.70. The summed E-state index contributed by atoms with van der Waals surface area (Å²) in [4.78, 5) is 7.12. The van der Waals surface area contributed by atoms with Gasteiger partial charge in [0, 0.05) is 26.2 Å². The number of allylic oxidation sites excluding steroid dienone is 2. The Morgan fingerprint density at radius 3 is 2.54 bits per heavy atom. The van der Waals surface area contributed by atoms with Crippen molar-refractivity contribution in [2.45, 2.75) is 57.4 Å². The van der Waals surface area contributed by atoms with E-state index in [1.807, 2.05) is 0 Å². The summed E-state index contributed by atoms with van der Waals surface area (Å²) in [6, 6.07) is 0.528. The predicted molar refractivity (Wildman–Crippen MR) is 119 cm³/mol. The van der Waals surface area contributed by atoms with Gasteiger partial charge in [0.2, 0.25) is 0 Å². The number of guanidine groups is 1. The fourth-order valence-electron chi connectivity index (χ4n) is 4.26. The summed E-state index contributed by atoms with van der Waals surface area (Å²) >= 11 is 0. The van der Waals surface area contributed by atoms with Crippen molar-refractivity contribution in [2.24, 2.45) is 16.8 Å². The highest BCUT2D eigenvalue weighted by Gasteiger charge is 2.28. The molecule has 0 aromatic heterocycles. The van der Waals surface area contributed by atoms with Gasteiger partial charge in [-0.2, -0.15) is 0 Å². The van der Waals surface area contributed by atoms with Crippen LogP contribution >= 0.6 is 24.0 Å². The van der Waals surface area contributed by atoms with E-state index in [9.17, 15) is 8.42 Å².